The van der Waals surface area contributed by atoms with E-state index in [1.807, 2.05) is 79.7 Å². The Hall–Kier alpha value is -5.32. The lowest BCUT2D eigenvalue weighted by atomic mass is 10.1. The highest BCUT2D eigenvalue weighted by molar-refractivity contribution is 6.10. The molecular weight excluding hydrogens is 530 g/mol. The number of nitrogens with one attached hydrogen (secondary N) is 5. The Morgan fingerprint density at radius 1 is 1.02 bits per heavy atom. The predicted octanol–water partition coefficient (Wildman–Crippen LogP) is 5.20. The molecule has 1 fully saturated rings. The van der Waals surface area contributed by atoms with Crippen LogP contribution in [0.25, 0.3) is 0 Å². The highest BCUT2D eigenvalue weighted by Crippen LogP contribution is 2.41. The van der Waals surface area contributed by atoms with Gasteiger partial charge >= 0.3 is 0 Å². The van der Waals surface area contributed by atoms with Crippen LogP contribution in [0.5, 0.6) is 5.75 Å². The van der Waals surface area contributed by atoms with Crippen LogP contribution in [0.1, 0.15) is 18.4 Å². The number of aromatic nitrogens is 2. The smallest absolute Gasteiger partial charge is 0.247 e. The second-order valence-corrected chi connectivity index (χ2v) is 9.87. The number of carbonyl (C=O) groups is 1. The van der Waals surface area contributed by atoms with Crippen molar-refractivity contribution in [1.82, 2.24) is 20.2 Å². The van der Waals surface area contributed by atoms with Crippen LogP contribution < -0.4 is 30.9 Å². The summed E-state index contributed by atoms with van der Waals surface area (Å²) in [6, 6.07) is 13.0. The van der Waals surface area contributed by atoms with Gasteiger partial charge in [-0.2, -0.15) is 0 Å². The van der Waals surface area contributed by atoms with E-state index in [-0.39, 0.29) is 12.0 Å². The second kappa shape index (κ2) is 13.8. The first-order chi connectivity index (χ1) is 20.3. The molecule has 0 spiro atoms. The van der Waals surface area contributed by atoms with E-state index in [0.717, 1.165) is 29.8 Å². The van der Waals surface area contributed by atoms with Crippen molar-refractivity contribution in [2.24, 2.45) is 0 Å². The Balaban J connectivity index is 1.66. The maximum absolute atomic E-state index is 12.3. The average Bonchev–Trinajstić information content (AvgIpc) is 3.80. The van der Waals surface area contributed by atoms with Gasteiger partial charge in [0.15, 0.2) is 0 Å². The van der Waals surface area contributed by atoms with Crippen molar-refractivity contribution < 1.29 is 9.53 Å². The zero-order valence-corrected chi connectivity index (χ0v) is 24.3. The summed E-state index contributed by atoms with van der Waals surface area (Å²) < 4.78 is 6.28. The maximum Gasteiger partial charge on any atom is 0.247 e. The molecule has 1 aliphatic carbocycles. The number of rotatable bonds is 14. The molecule has 218 valence electrons. The zero-order chi connectivity index (χ0) is 30.1. The van der Waals surface area contributed by atoms with Gasteiger partial charge in [-0.3, -0.25) is 4.79 Å². The molecule has 0 bridgehead atoms. The van der Waals surface area contributed by atoms with Crippen LogP contribution in [0, 0.1) is 5.41 Å². The molecule has 2 aromatic carbocycles. The first-order valence-corrected chi connectivity index (χ1v) is 13.5. The lowest BCUT2D eigenvalue weighted by Gasteiger charge is -2.23. The normalized spacial score (nSPS) is 12.6. The molecule has 0 atom stereocenters. The lowest BCUT2D eigenvalue weighted by Crippen LogP contribution is -2.16. The highest BCUT2D eigenvalue weighted by atomic mass is 16.5. The maximum atomic E-state index is 12.3. The summed E-state index contributed by atoms with van der Waals surface area (Å²) in [5.41, 5.74) is 3.77. The van der Waals surface area contributed by atoms with E-state index in [0.29, 0.717) is 34.5 Å². The van der Waals surface area contributed by atoms with E-state index < -0.39 is 0 Å². The standard InChI is InChI=1S/C31H37N9O2/c1-6-31(41)38-25-17-26(28(42-21-11-12-21)18-27(25)40(5)16-15-39(3)4)37-30-19-29(34-20-35-30)36-24-10-8-7-9-22(24)23(32)13-14-33-2/h6-10,13-21,32-33H,1,11-12H2,2-5H3,(H,38,41)(H2,34,35,36,37)/b14-13-,16-15-,32-23?. The number of benzene rings is 2. The number of anilines is 6. The average molecular weight is 568 g/mol. The van der Waals surface area contributed by atoms with Crippen LogP contribution >= 0.6 is 0 Å². The molecule has 11 heteroatoms. The first kappa shape index (κ1) is 29.7. The Labute approximate surface area is 246 Å². The van der Waals surface area contributed by atoms with Gasteiger partial charge in [-0.05, 0) is 43.3 Å². The molecule has 0 radical (unpaired) electrons. The van der Waals surface area contributed by atoms with E-state index in [9.17, 15) is 4.79 Å². The van der Waals surface area contributed by atoms with E-state index in [1.54, 1.807) is 25.4 Å². The minimum atomic E-state index is -0.328. The number of para-hydroxylation sites is 1. The summed E-state index contributed by atoms with van der Waals surface area (Å²) in [6.45, 7) is 3.59. The van der Waals surface area contributed by atoms with Gasteiger partial charge in [0, 0.05) is 64.0 Å². The van der Waals surface area contributed by atoms with Crippen LogP contribution in [0.3, 0.4) is 0 Å². The predicted molar refractivity (Wildman–Crippen MR) is 170 cm³/mol. The quantitative estimate of drug-likeness (QED) is 0.132. The fourth-order valence-corrected chi connectivity index (χ4v) is 3.87. The van der Waals surface area contributed by atoms with E-state index in [1.165, 1.54) is 12.4 Å². The molecule has 1 amide bonds. The van der Waals surface area contributed by atoms with Crippen molar-refractivity contribution in [3.8, 4) is 5.75 Å². The van der Waals surface area contributed by atoms with Gasteiger partial charge in [0.1, 0.15) is 23.7 Å². The molecular formula is C31H37N9O2. The third-order valence-corrected chi connectivity index (χ3v) is 6.15. The molecule has 11 nitrogen and oxygen atoms in total. The number of allylic oxidation sites excluding steroid dienone is 1. The van der Waals surface area contributed by atoms with Crippen molar-refractivity contribution >= 4 is 46.0 Å². The van der Waals surface area contributed by atoms with Gasteiger partial charge < -0.3 is 41.2 Å². The third-order valence-electron chi connectivity index (χ3n) is 6.15. The Morgan fingerprint density at radius 2 is 1.74 bits per heavy atom. The molecule has 1 aliphatic rings. The van der Waals surface area contributed by atoms with Crippen LogP contribution in [0.4, 0.5) is 34.4 Å². The van der Waals surface area contributed by atoms with Crippen LogP contribution in [-0.4, -0.2) is 60.8 Å². The number of nitrogens with zero attached hydrogens (tertiary/aromatic N) is 4. The van der Waals surface area contributed by atoms with E-state index in [2.05, 4.69) is 37.8 Å². The molecule has 0 saturated heterocycles. The Bertz CT molecular complexity index is 1500. The van der Waals surface area contributed by atoms with Crippen molar-refractivity contribution in [3.63, 3.8) is 0 Å². The topological polar surface area (TPSA) is 131 Å². The van der Waals surface area contributed by atoms with Crippen LogP contribution in [0.15, 0.2) is 86.1 Å². The molecule has 5 N–H and O–H groups in total. The van der Waals surface area contributed by atoms with E-state index >= 15 is 0 Å². The summed E-state index contributed by atoms with van der Waals surface area (Å²) in [7, 11) is 7.57. The van der Waals surface area contributed by atoms with Crippen molar-refractivity contribution in [3.05, 3.63) is 91.7 Å². The second-order valence-electron chi connectivity index (χ2n) is 9.87. The molecule has 4 rings (SSSR count). The molecule has 42 heavy (non-hydrogen) atoms. The van der Waals surface area contributed by atoms with Gasteiger partial charge in [-0.25, -0.2) is 9.97 Å². The molecule has 1 saturated carbocycles. The summed E-state index contributed by atoms with van der Waals surface area (Å²) >= 11 is 0. The fraction of sp³-hybridized carbons (Fsp3) is 0.226. The molecule has 0 aliphatic heterocycles. The third kappa shape index (κ3) is 8.10. The number of carbonyl (C=O) groups excluding carboxylic acids is 1. The van der Waals surface area contributed by atoms with Gasteiger partial charge in [0.25, 0.3) is 0 Å². The molecule has 1 heterocycles. The number of hydrogen-bond acceptors (Lipinski definition) is 10. The number of hydrogen-bond donors (Lipinski definition) is 5. The lowest BCUT2D eigenvalue weighted by molar-refractivity contribution is -0.111. The number of amides is 1. The Kier molecular flexibility index (Phi) is 9.77. The Morgan fingerprint density at radius 3 is 2.40 bits per heavy atom. The van der Waals surface area contributed by atoms with Gasteiger partial charge in [0.2, 0.25) is 5.91 Å². The summed E-state index contributed by atoms with van der Waals surface area (Å²) in [4.78, 5) is 25.0. The van der Waals surface area contributed by atoms with Crippen molar-refractivity contribution in [2.45, 2.75) is 18.9 Å². The minimum absolute atomic E-state index is 0.140. The highest BCUT2D eigenvalue weighted by Gasteiger charge is 2.26. The van der Waals surface area contributed by atoms with Gasteiger partial charge in [-0.15, -0.1) is 0 Å². The van der Waals surface area contributed by atoms with Crippen LogP contribution in [-0.2, 0) is 4.79 Å². The fourth-order valence-electron chi connectivity index (χ4n) is 3.87. The molecule has 3 aromatic rings. The zero-order valence-electron chi connectivity index (χ0n) is 24.3. The number of ether oxygens (including phenoxy) is 1. The first-order valence-electron chi connectivity index (χ1n) is 13.5. The van der Waals surface area contributed by atoms with Gasteiger partial charge in [0.05, 0.1) is 28.9 Å². The molecule has 1 aromatic heterocycles. The van der Waals surface area contributed by atoms with Crippen LogP contribution in [0.2, 0.25) is 0 Å². The summed E-state index contributed by atoms with van der Waals surface area (Å²) in [5, 5.41) is 20.9. The monoisotopic (exact) mass is 567 g/mol. The van der Waals surface area contributed by atoms with Gasteiger partial charge in [-0.1, -0.05) is 24.8 Å². The van der Waals surface area contributed by atoms with Crippen molar-refractivity contribution in [2.75, 3.05) is 49.0 Å². The largest absolute Gasteiger partial charge is 0.488 e. The molecule has 0 unspecified atom stereocenters. The summed E-state index contributed by atoms with van der Waals surface area (Å²) in [5.74, 6) is 1.37. The summed E-state index contributed by atoms with van der Waals surface area (Å²) in [6.07, 6.45) is 12.0. The minimum Gasteiger partial charge on any atom is -0.488 e. The van der Waals surface area contributed by atoms with Crippen molar-refractivity contribution in [1.29, 1.82) is 5.41 Å². The SMILES string of the molecule is C=CC(=O)Nc1cc(Nc2cc(Nc3ccccc3C(=N)/C=C\NC)ncn2)c(OC2CC2)cc1N(C)/C=C\N(C)C. The van der Waals surface area contributed by atoms with E-state index in [4.69, 9.17) is 10.1 Å².